The molecule has 0 aliphatic carbocycles. The molecule has 6 amide bonds. The van der Waals surface area contributed by atoms with Gasteiger partial charge in [0, 0.05) is 67.9 Å². The minimum Gasteiger partial charge on any atom is -0.478 e. The number of aryl methyl sites for hydroxylation is 6. The van der Waals surface area contributed by atoms with Crippen LogP contribution in [0.15, 0.2) is 158 Å². The van der Waals surface area contributed by atoms with Gasteiger partial charge in [-0.3, -0.25) is 28.8 Å². The standard InChI is InChI=1S/C24H24FN5O4.C23H22FN5O4.C15H15FN4O3.C14H13FN4O3.C8H9N3O4.C6H9N3/c1-13-10-15(4-9-18(13)25)12-27-21(31)19-11-20(30-24(26)29-19)22(32)28-14(2)16-5-7-17(8-6-16)23(33)34-3;1-12-9-14(3-8-17(12)24)11-26-20(30)18-10-19(29-23(25)28-18)21(31)27-13(2)15-4-6-16(7-5-15)22(32)33;1-8-5-9(3-4-10(8)16)7-18-13(21)11-6-12(14(22)23-2)20-15(17)19-11;1-7-4-8(2-3-9(7)15)6-17-12(20)10-5-11(13(21)22)19-14(16)18-10;1-14-6(12)4-3-5(7(13)15-2)11-8(9)10-4;1-4-3-5(2)9-6(7)8-4/h4-11,14H,12H2,1-3H3,(H,27,31)(H,28,32)(H2,26,29,30);3-10,13H,11H2,1-2H3,(H,26,30)(H,27,31)(H,32,33)(H2,25,28,29);3-6H,7H2,1-2H3,(H,18,21)(H2,17,19,20);2-5H,6H2,1H3,(H,17,20)(H,21,22)(H2,16,18,19);3H,1-2H3,(H2,9,10,11);3H,1-2H3,(H2,7,8,9)/t14-;13-;;;;/m00..../s1. The molecule has 12 aromatic rings. The maximum Gasteiger partial charge on any atom is 0.356 e. The zero-order valence-corrected chi connectivity index (χ0v) is 74.8. The van der Waals surface area contributed by atoms with Crippen LogP contribution in [0.5, 0.6) is 0 Å². The van der Waals surface area contributed by atoms with Crippen LogP contribution in [0.3, 0.4) is 0 Å². The monoisotopic (exact) mass is 1870 g/mol. The summed E-state index contributed by atoms with van der Waals surface area (Å²) in [4.78, 5) is 187. The van der Waals surface area contributed by atoms with E-state index in [-0.39, 0.29) is 142 Å². The third-order valence-electron chi connectivity index (χ3n) is 18.4. The molecule has 0 aliphatic rings. The highest BCUT2D eigenvalue weighted by Gasteiger charge is 2.24. The maximum atomic E-state index is 13.4. The van der Waals surface area contributed by atoms with E-state index in [4.69, 9.17) is 44.6 Å². The van der Waals surface area contributed by atoms with E-state index in [9.17, 15) is 75.1 Å². The van der Waals surface area contributed by atoms with E-state index in [1.807, 2.05) is 19.9 Å². The first-order chi connectivity index (χ1) is 64.3. The van der Waals surface area contributed by atoms with Gasteiger partial charge in [-0.1, -0.05) is 72.8 Å². The summed E-state index contributed by atoms with van der Waals surface area (Å²) in [6.45, 7) is 14.4. The Labute approximate surface area is 772 Å². The Morgan fingerprint density at radius 1 is 0.287 bits per heavy atom. The molecular formula is C90H92F4N24O18. The van der Waals surface area contributed by atoms with Gasteiger partial charge in [-0.25, -0.2) is 106 Å². The average molecular weight is 1870 g/mol. The minimum atomic E-state index is -1.31. The summed E-state index contributed by atoms with van der Waals surface area (Å²) in [6, 6.07) is 37.5. The molecule has 136 heavy (non-hydrogen) atoms. The summed E-state index contributed by atoms with van der Waals surface area (Å²) in [5, 5.41) is 33.8. The van der Waals surface area contributed by atoms with E-state index in [1.54, 1.807) is 126 Å². The van der Waals surface area contributed by atoms with Gasteiger partial charge < -0.3 is 95.5 Å². The maximum absolute atomic E-state index is 13.4. The van der Waals surface area contributed by atoms with Gasteiger partial charge in [0.2, 0.25) is 35.7 Å². The lowest BCUT2D eigenvalue weighted by atomic mass is 10.1. The quantitative estimate of drug-likeness (QED) is 0.0155. The number of anilines is 6. The van der Waals surface area contributed by atoms with Crippen LogP contribution in [0.2, 0.25) is 0 Å². The van der Waals surface area contributed by atoms with Gasteiger partial charge in [0.05, 0.1) is 51.6 Å². The van der Waals surface area contributed by atoms with Crippen molar-refractivity contribution in [1.82, 2.24) is 91.7 Å². The number of aromatic carboxylic acids is 2. The Balaban J connectivity index is 0.000000231. The van der Waals surface area contributed by atoms with Gasteiger partial charge in [-0.05, 0) is 166 Å². The summed E-state index contributed by atoms with van der Waals surface area (Å²) < 4.78 is 71.2. The second-order valence-corrected chi connectivity index (χ2v) is 28.8. The van der Waals surface area contributed by atoms with Crippen molar-refractivity contribution in [2.75, 3.05) is 62.8 Å². The number of esters is 4. The van der Waals surface area contributed by atoms with E-state index in [2.05, 4.69) is 111 Å². The number of carboxylic acid groups (broad SMARTS) is 2. The van der Waals surface area contributed by atoms with Crippen molar-refractivity contribution in [2.45, 2.75) is 93.7 Å². The number of benzene rings is 6. The average Bonchev–Trinajstić information content (AvgIpc) is 0.845. The molecule has 6 aromatic heterocycles. The number of nitrogens with one attached hydrogen (secondary N) is 6. The fourth-order valence-corrected chi connectivity index (χ4v) is 11.5. The number of carboxylic acids is 2. The van der Waals surface area contributed by atoms with Gasteiger partial charge in [0.1, 0.15) is 57.4 Å². The first-order valence-corrected chi connectivity index (χ1v) is 39.9. The zero-order valence-electron chi connectivity index (χ0n) is 74.8. The molecule has 0 spiro atoms. The van der Waals surface area contributed by atoms with Crippen LogP contribution in [-0.2, 0) is 45.1 Å². The number of nitrogens with zero attached hydrogens (tertiary/aromatic N) is 12. The Morgan fingerprint density at radius 3 is 0.765 bits per heavy atom. The van der Waals surface area contributed by atoms with Crippen LogP contribution in [0.4, 0.5) is 53.3 Å². The van der Waals surface area contributed by atoms with E-state index in [1.165, 1.54) is 83.0 Å². The van der Waals surface area contributed by atoms with Crippen molar-refractivity contribution in [2.24, 2.45) is 0 Å². The van der Waals surface area contributed by atoms with Crippen LogP contribution in [0.1, 0.15) is 219 Å². The third kappa shape index (κ3) is 32.3. The molecule has 46 heteroatoms. The van der Waals surface area contributed by atoms with Crippen LogP contribution in [-0.4, -0.2) is 170 Å². The highest BCUT2D eigenvalue weighted by Crippen LogP contribution is 2.21. The molecule has 0 saturated carbocycles. The number of nitrogens with two attached hydrogens (primary N) is 6. The van der Waals surface area contributed by atoms with Crippen molar-refractivity contribution in [3.8, 4) is 0 Å². The highest BCUT2D eigenvalue weighted by atomic mass is 19.1. The van der Waals surface area contributed by atoms with Crippen molar-refractivity contribution in [1.29, 1.82) is 0 Å². The van der Waals surface area contributed by atoms with E-state index in [0.717, 1.165) is 34.6 Å². The molecule has 0 unspecified atom stereocenters. The van der Waals surface area contributed by atoms with Crippen molar-refractivity contribution in [3.63, 3.8) is 0 Å². The van der Waals surface area contributed by atoms with Crippen LogP contribution in [0.25, 0.3) is 0 Å². The number of amides is 6. The first-order valence-electron chi connectivity index (χ1n) is 39.9. The topological polar surface area (TPSA) is 665 Å². The van der Waals surface area contributed by atoms with Crippen molar-refractivity contribution < 1.29 is 104 Å². The minimum absolute atomic E-state index is 0.0586. The molecule has 20 N–H and O–H groups in total. The number of hydrogen-bond donors (Lipinski definition) is 14. The summed E-state index contributed by atoms with van der Waals surface area (Å²) in [5.41, 5.74) is 40.2. The second-order valence-electron chi connectivity index (χ2n) is 28.8. The predicted octanol–water partition coefficient (Wildman–Crippen LogP) is 8.00. The Bertz CT molecular complexity index is 6380. The number of carbonyl (C=O) groups excluding carboxylic acids is 10. The van der Waals surface area contributed by atoms with Gasteiger partial charge in [-0.15, -0.1) is 0 Å². The number of halogens is 4. The largest absolute Gasteiger partial charge is 0.478 e. The summed E-state index contributed by atoms with van der Waals surface area (Å²) >= 11 is 0. The fourth-order valence-electron chi connectivity index (χ4n) is 11.5. The van der Waals surface area contributed by atoms with Crippen LogP contribution < -0.4 is 66.3 Å². The number of rotatable bonds is 24. The molecule has 708 valence electrons. The van der Waals surface area contributed by atoms with E-state index >= 15 is 0 Å². The molecule has 0 bridgehead atoms. The Morgan fingerprint density at radius 2 is 0.515 bits per heavy atom. The molecule has 0 fully saturated rings. The lowest BCUT2D eigenvalue weighted by Gasteiger charge is -2.15. The van der Waals surface area contributed by atoms with Gasteiger partial charge >= 0.3 is 35.8 Å². The molecule has 2 atom stereocenters. The molecule has 0 aliphatic heterocycles. The first kappa shape index (κ1) is 105. The van der Waals surface area contributed by atoms with Gasteiger partial charge in [-0.2, -0.15) is 0 Å². The SMILES string of the molecule is COC(=O)c1cc(C(=O)NCc2ccc(F)c(C)c2)nc(N)n1.COC(=O)c1cc(C(=O)OC)nc(N)n1.COC(=O)c1ccc([C@H](C)NC(=O)c2cc(C(=O)NCc3ccc(F)c(C)c3)nc(N)n2)cc1.Cc1cc(C)nc(N)n1.Cc1cc(CNC(=O)c2cc(C(=O)N[C@@H](C)c3ccc(C(=O)O)cc3)nc(N)n2)ccc1F.Cc1cc(CNC(=O)c2cc(C(=O)O)nc(N)n2)ccc1F. The van der Waals surface area contributed by atoms with Crippen molar-refractivity contribution in [3.05, 3.63) is 316 Å². The highest BCUT2D eigenvalue weighted by molar-refractivity contribution is 6.00. The number of nitrogen functional groups attached to an aromatic ring is 6. The zero-order chi connectivity index (χ0) is 100. The number of hydrogen-bond acceptors (Lipinski definition) is 34. The molecule has 6 aromatic carbocycles. The third-order valence-corrected chi connectivity index (χ3v) is 18.4. The number of carbonyl (C=O) groups is 12. The molecule has 12 rings (SSSR count). The van der Waals surface area contributed by atoms with Crippen LogP contribution in [0, 0.1) is 64.8 Å². The predicted molar refractivity (Wildman–Crippen MR) is 481 cm³/mol. The summed E-state index contributed by atoms with van der Waals surface area (Å²) in [6.07, 6.45) is 0. The Hall–Kier alpha value is -18.0. The summed E-state index contributed by atoms with van der Waals surface area (Å²) in [5.74, 6) is -10.5. The Kier molecular flexibility index (Phi) is 38.3. The number of ether oxygens (including phenoxy) is 4. The molecule has 0 saturated heterocycles. The van der Waals surface area contributed by atoms with Crippen LogP contribution >= 0.6 is 0 Å². The molecule has 42 nitrogen and oxygen atoms in total. The smallest absolute Gasteiger partial charge is 0.356 e. The fraction of sp³-hybridized carbons (Fsp3) is 0.200. The van der Waals surface area contributed by atoms with Gasteiger partial charge in [0.25, 0.3) is 35.4 Å². The van der Waals surface area contributed by atoms with Crippen molar-refractivity contribution >= 4 is 107 Å². The summed E-state index contributed by atoms with van der Waals surface area (Å²) in [7, 11) is 4.87. The van der Waals surface area contributed by atoms with Gasteiger partial charge in [0.15, 0.2) is 22.8 Å². The molecular weight excluding hydrogens is 1780 g/mol. The lowest BCUT2D eigenvalue weighted by molar-refractivity contribution is 0.0578. The normalized spacial score (nSPS) is 10.7. The molecule has 6 heterocycles. The number of methoxy groups -OCH3 is 4. The van der Waals surface area contributed by atoms with E-state index < -0.39 is 83.3 Å². The second kappa shape index (κ2) is 49.7. The molecule has 0 radical (unpaired) electrons. The number of aromatic nitrogens is 12. The van der Waals surface area contributed by atoms with E-state index in [0.29, 0.717) is 56.0 Å². The lowest BCUT2D eigenvalue weighted by Crippen LogP contribution is -2.29.